The van der Waals surface area contributed by atoms with Gasteiger partial charge in [-0.3, -0.25) is 14.9 Å². The maximum Gasteiger partial charge on any atom is 0.283 e. The first-order valence-corrected chi connectivity index (χ1v) is 14.1. The maximum atomic E-state index is 12.5. The largest absolute Gasteiger partial charge is 0.494 e. The zero-order valence-corrected chi connectivity index (χ0v) is 23.1. The van der Waals surface area contributed by atoms with Crippen LogP contribution in [-0.4, -0.2) is 27.6 Å². The Morgan fingerprint density at radius 3 is 2.74 bits per heavy atom. The second-order valence-corrected chi connectivity index (χ2v) is 11.7. The first-order valence-electron chi connectivity index (χ1n) is 11.7. The lowest BCUT2D eigenvalue weighted by molar-refractivity contribution is -0.387. The van der Waals surface area contributed by atoms with E-state index in [-0.39, 0.29) is 11.6 Å². The molecule has 1 aliphatic rings. The summed E-state index contributed by atoms with van der Waals surface area (Å²) in [5.41, 5.74) is 4.34. The van der Waals surface area contributed by atoms with Crippen LogP contribution in [0.2, 0.25) is 0 Å². The molecule has 192 valence electrons. The highest BCUT2D eigenvalue weighted by Gasteiger charge is 2.25. The zero-order valence-electron chi connectivity index (χ0n) is 20.7. The van der Waals surface area contributed by atoms with Gasteiger partial charge in [-0.1, -0.05) is 23.9 Å². The minimum atomic E-state index is -0.417. The molecule has 1 fully saturated rings. The molecule has 1 amide bonds. The van der Waals surface area contributed by atoms with Gasteiger partial charge in [-0.2, -0.15) is 0 Å². The number of carbonyl (C=O) groups is 1. The predicted octanol–water partition coefficient (Wildman–Crippen LogP) is 7.26. The fourth-order valence-corrected chi connectivity index (χ4v) is 6.65. The molecule has 5 rings (SSSR count). The molecule has 3 aromatic carbocycles. The van der Waals surface area contributed by atoms with Gasteiger partial charge in [0.25, 0.3) is 11.6 Å². The van der Waals surface area contributed by atoms with E-state index < -0.39 is 4.92 Å². The first-order chi connectivity index (χ1) is 18.3. The molecule has 11 heteroatoms. The van der Waals surface area contributed by atoms with Crippen LogP contribution >= 0.6 is 34.9 Å². The number of nitro groups is 1. The number of fused-ring (bicyclic) bond motifs is 1. The van der Waals surface area contributed by atoms with Crippen molar-refractivity contribution in [3.63, 3.8) is 0 Å². The van der Waals surface area contributed by atoms with Crippen LogP contribution in [0.25, 0.3) is 16.3 Å². The van der Waals surface area contributed by atoms with Crippen LogP contribution in [0.5, 0.6) is 5.75 Å². The van der Waals surface area contributed by atoms with E-state index in [9.17, 15) is 14.9 Å². The van der Waals surface area contributed by atoms with E-state index in [1.54, 1.807) is 18.2 Å². The number of nitrogens with one attached hydrogen (secondary N) is 1. The fraction of sp³-hybridized carbons (Fsp3) is 0.148. The van der Waals surface area contributed by atoms with Gasteiger partial charge in [0, 0.05) is 6.07 Å². The van der Waals surface area contributed by atoms with Crippen LogP contribution in [0.15, 0.2) is 73.7 Å². The van der Waals surface area contributed by atoms with Gasteiger partial charge in [0.05, 0.1) is 37.2 Å². The van der Waals surface area contributed by atoms with Crippen LogP contribution < -0.4 is 10.1 Å². The highest BCUT2D eigenvalue weighted by Crippen LogP contribution is 2.40. The Morgan fingerprint density at radius 2 is 1.97 bits per heavy atom. The SMILES string of the molecule is CCOc1ccc2nc(Sc3ccc(/C=C4\SC(=Nc5ccc(C)c(C)c5)NC4=O)cc3[N+](=O)[O-])sc2c1. The number of carbonyl (C=O) groups excluding carboxylic acids is 1. The number of hydrogen-bond acceptors (Lipinski definition) is 9. The minimum Gasteiger partial charge on any atom is -0.494 e. The van der Waals surface area contributed by atoms with Crippen molar-refractivity contribution in [3.05, 3.63) is 86.3 Å². The lowest BCUT2D eigenvalue weighted by atomic mass is 10.1. The molecule has 0 bridgehead atoms. The number of thioether (sulfide) groups is 1. The highest BCUT2D eigenvalue weighted by molar-refractivity contribution is 8.18. The lowest BCUT2D eigenvalue weighted by Crippen LogP contribution is -2.19. The van der Waals surface area contributed by atoms with Gasteiger partial charge >= 0.3 is 0 Å². The Morgan fingerprint density at radius 1 is 1.13 bits per heavy atom. The molecule has 8 nitrogen and oxygen atoms in total. The first kappa shape index (κ1) is 26.0. The predicted molar refractivity (Wildman–Crippen MR) is 155 cm³/mol. The molecule has 0 saturated carbocycles. The molecule has 0 spiro atoms. The van der Waals surface area contributed by atoms with Crippen LogP contribution in [0, 0.1) is 24.0 Å². The van der Waals surface area contributed by atoms with Gasteiger partial charge in [0.2, 0.25) is 0 Å². The second kappa shape index (κ2) is 11.0. The molecule has 1 aromatic heterocycles. The van der Waals surface area contributed by atoms with Crippen molar-refractivity contribution < 1.29 is 14.5 Å². The summed E-state index contributed by atoms with van der Waals surface area (Å²) >= 11 is 3.90. The van der Waals surface area contributed by atoms with Crippen molar-refractivity contribution in [3.8, 4) is 5.75 Å². The average molecular weight is 563 g/mol. The number of aromatic nitrogens is 1. The van der Waals surface area contributed by atoms with E-state index in [1.807, 2.05) is 57.2 Å². The lowest BCUT2D eigenvalue weighted by Gasteiger charge is -2.02. The number of aliphatic imine (C=N–C) groups is 1. The Bertz CT molecular complexity index is 1640. The summed E-state index contributed by atoms with van der Waals surface area (Å²) in [5.74, 6) is 0.471. The van der Waals surface area contributed by atoms with Gasteiger partial charge in [-0.25, -0.2) is 9.98 Å². The van der Waals surface area contributed by atoms with Gasteiger partial charge in [0.1, 0.15) is 5.75 Å². The third kappa shape index (κ3) is 5.74. The number of aryl methyl sites for hydroxylation is 2. The van der Waals surface area contributed by atoms with E-state index >= 15 is 0 Å². The average Bonchev–Trinajstić information content (AvgIpc) is 3.44. The van der Waals surface area contributed by atoms with E-state index in [0.717, 1.165) is 27.2 Å². The monoisotopic (exact) mass is 562 g/mol. The molecular formula is C27H22N4O4S3. The molecule has 4 aromatic rings. The number of nitrogens with zero attached hydrogens (tertiary/aromatic N) is 3. The molecule has 38 heavy (non-hydrogen) atoms. The molecule has 1 saturated heterocycles. The molecule has 0 unspecified atom stereocenters. The number of amidine groups is 1. The summed E-state index contributed by atoms with van der Waals surface area (Å²) < 4.78 is 7.20. The maximum absolute atomic E-state index is 12.5. The van der Waals surface area contributed by atoms with E-state index in [1.165, 1.54) is 46.5 Å². The Hall–Kier alpha value is -3.67. The van der Waals surface area contributed by atoms with E-state index in [4.69, 9.17) is 4.74 Å². The second-order valence-electron chi connectivity index (χ2n) is 8.38. The van der Waals surface area contributed by atoms with Crippen LogP contribution in [0.4, 0.5) is 11.4 Å². The van der Waals surface area contributed by atoms with Crippen LogP contribution in [-0.2, 0) is 4.79 Å². The Balaban J connectivity index is 1.37. The smallest absolute Gasteiger partial charge is 0.283 e. The summed E-state index contributed by atoms with van der Waals surface area (Å²) in [7, 11) is 0. The molecule has 0 aliphatic carbocycles. The molecule has 1 aliphatic heterocycles. The third-order valence-electron chi connectivity index (χ3n) is 5.70. The number of ether oxygens (including phenoxy) is 1. The molecular weight excluding hydrogens is 541 g/mol. The van der Waals surface area contributed by atoms with Crippen molar-refractivity contribution in [2.45, 2.75) is 30.0 Å². The zero-order chi connectivity index (χ0) is 26.8. The van der Waals surface area contributed by atoms with Crippen molar-refractivity contribution in [1.82, 2.24) is 10.3 Å². The summed E-state index contributed by atoms with van der Waals surface area (Å²) in [6.45, 7) is 6.53. The van der Waals surface area contributed by atoms with E-state index in [2.05, 4.69) is 15.3 Å². The normalized spacial score (nSPS) is 15.4. The highest BCUT2D eigenvalue weighted by atomic mass is 32.2. The quantitative estimate of drug-likeness (QED) is 0.143. The van der Waals surface area contributed by atoms with Crippen molar-refractivity contribution >= 4 is 73.6 Å². The molecule has 2 heterocycles. The van der Waals surface area contributed by atoms with Gasteiger partial charge in [-0.15, -0.1) is 11.3 Å². The summed E-state index contributed by atoms with van der Waals surface area (Å²) in [6, 6.07) is 16.4. The fourth-order valence-electron chi connectivity index (χ4n) is 3.68. The number of amides is 1. The minimum absolute atomic E-state index is 0.0500. The van der Waals surface area contributed by atoms with Crippen LogP contribution in [0.1, 0.15) is 23.6 Å². The van der Waals surface area contributed by atoms with Crippen molar-refractivity contribution in [1.29, 1.82) is 0 Å². The third-order valence-corrected chi connectivity index (χ3v) is 8.75. The van der Waals surface area contributed by atoms with Crippen LogP contribution in [0.3, 0.4) is 0 Å². The summed E-state index contributed by atoms with van der Waals surface area (Å²) in [6.07, 6.45) is 1.64. The van der Waals surface area contributed by atoms with Gasteiger partial charge in [-0.05, 0) is 91.7 Å². The number of hydrogen-bond donors (Lipinski definition) is 1. The molecule has 1 N–H and O–H groups in total. The number of thiazole rings is 1. The van der Waals surface area contributed by atoms with Crippen molar-refractivity contribution in [2.24, 2.45) is 4.99 Å². The number of benzene rings is 3. The topological polar surface area (TPSA) is 107 Å². The van der Waals surface area contributed by atoms with Gasteiger partial charge < -0.3 is 10.1 Å². The Labute approximate surface area is 231 Å². The number of nitro benzene ring substituents is 1. The van der Waals surface area contributed by atoms with Crippen molar-refractivity contribution in [2.75, 3.05) is 6.61 Å². The van der Waals surface area contributed by atoms with E-state index in [0.29, 0.717) is 31.5 Å². The molecule has 0 atom stereocenters. The standard InChI is InChI=1S/C27H22N4O4S3/c1-4-35-19-8-9-20-23(14-19)38-27(29-20)37-22-10-6-17(12-21(22)31(33)34)13-24-25(32)30-26(36-24)28-18-7-5-15(2)16(3)11-18/h5-14H,4H2,1-3H3,(H,28,30,32)/b24-13-. The molecule has 0 radical (unpaired) electrons. The number of rotatable bonds is 7. The summed E-state index contributed by atoms with van der Waals surface area (Å²) in [5, 5.41) is 15.1. The summed E-state index contributed by atoms with van der Waals surface area (Å²) in [4.78, 5) is 34.0. The Kier molecular flexibility index (Phi) is 7.50. The van der Waals surface area contributed by atoms with Gasteiger partial charge in [0.15, 0.2) is 9.51 Å².